The Bertz CT molecular complexity index is 854. The van der Waals surface area contributed by atoms with Gasteiger partial charge in [0.2, 0.25) is 0 Å². The van der Waals surface area contributed by atoms with Gasteiger partial charge in [-0.3, -0.25) is 0 Å². The quantitative estimate of drug-likeness (QED) is 0.541. The van der Waals surface area contributed by atoms with Crippen LogP contribution in [0.5, 0.6) is 0 Å². The third-order valence-electron chi connectivity index (χ3n) is 4.71. The first kappa shape index (κ1) is 18.9. The summed E-state index contributed by atoms with van der Waals surface area (Å²) in [6, 6.07) is 16.4. The molecule has 0 saturated carbocycles. The first-order valence-corrected chi connectivity index (χ1v) is 9.41. The number of allylic oxidation sites excluding steroid dienone is 1. The number of hydrogen-bond acceptors (Lipinski definition) is 4. The van der Waals surface area contributed by atoms with Crippen molar-refractivity contribution in [1.29, 1.82) is 0 Å². The van der Waals surface area contributed by atoms with Gasteiger partial charge in [-0.05, 0) is 25.0 Å². The number of ether oxygens (including phenoxy) is 2. The zero-order chi connectivity index (χ0) is 19.3. The number of cyclic esters (lactones) is 1. The number of benzene rings is 2. The molecule has 4 heteroatoms. The van der Waals surface area contributed by atoms with E-state index >= 15 is 0 Å². The average molecular weight is 364 g/mol. The highest BCUT2D eigenvalue weighted by Crippen LogP contribution is 2.46. The summed E-state index contributed by atoms with van der Waals surface area (Å²) in [5.74, 6) is -1.09. The molecule has 0 fully saturated rings. The van der Waals surface area contributed by atoms with Gasteiger partial charge in [-0.25, -0.2) is 9.59 Å². The van der Waals surface area contributed by atoms with E-state index in [1.54, 1.807) is 31.2 Å². The van der Waals surface area contributed by atoms with Crippen LogP contribution in [-0.2, 0) is 19.9 Å². The molecule has 3 rings (SSSR count). The summed E-state index contributed by atoms with van der Waals surface area (Å²) < 4.78 is 11.2. The third-order valence-corrected chi connectivity index (χ3v) is 4.71. The second-order valence-corrected chi connectivity index (χ2v) is 6.46. The molecule has 0 saturated heterocycles. The largest absolute Gasteiger partial charge is 0.462 e. The minimum Gasteiger partial charge on any atom is -0.462 e. The van der Waals surface area contributed by atoms with Crippen LogP contribution in [0.3, 0.4) is 0 Å². The Morgan fingerprint density at radius 1 is 1.04 bits per heavy atom. The molecule has 0 radical (unpaired) electrons. The molecule has 0 amide bonds. The minimum atomic E-state index is -1.59. The Morgan fingerprint density at radius 2 is 1.70 bits per heavy atom. The fourth-order valence-electron chi connectivity index (χ4n) is 3.43. The molecule has 0 spiro atoms. The normalized spacial score (nSPS) is 20.1. The van der Waals surface area contributed by atoms with Crippen LogP contribution in [0.4, 0.5) is 0 Å². The van der Waals surface area contributed by atoms with E-state index in [-0.39, 0.29) is 6.61 Å². The maximum absolute atomic E-state index is 13.2. The highest BCUT2D eigenvalue weighted by atomic mass is 16.6. The molecule has 2 aromatic carbocycles. The van der Waals surface area contributed by atoms with Crippen molar-refractivity contribution in [3.8, 4) is 0 Å². The predicted octanol–water partition coefficient (Wildman–Crippen LogP) is 4.89. The maximum Gasteiger partial charge on any atom is 0.360 e. The van der Waals surface area contributed by atoms with Crippen molar-refractivity contribution >= 4 is 17.5 Å². The van der Waals surface area contributed by atoms with E-state index in [9.17, 15) is 9.59 Å². The van der Waals surface area contributed by atoms with Crippen LogP contribution in [0.25, 0.3) is 5.57 Å². The molecule has 1 atom stereocenters. The van der Waals surface area contributed by atoms with Crippen LogP contribution < -0.4 is 0 Å². The van der Waals surface area contributed by atoms with E-state index in [4.69, 9.17) is 9.47 Å². The number of fused-ring (bicyclic) bond motifs is 1. The number of esters is 2. The summed E-state index contributed by atoms with van der Waals surface area (Å²) in [6.45, 7) is 4.06. The van der Waals surface area contributed by atoms with Crippen LogP contribution >= 0.6 is 0 Å². The van der Waals surface area contributed by atoms with Gasteiger partial charge < -0.3 is 9.47 Å². The summed E-state index contributed by atoms with van der Waals surface area (Å²) in [4.78, 5) is 26.0. The molecule has 0 N–H and O–H groups in total. The van der Waals surface area contributed by atoms with Gasteiger partial charge in [0, 0.05) is 11.1 Å². The standard InChI is InChI=1S/C23H24O4/c1-3-5-7-16-20-18-14-10-11-15-19(18)21(24)27-23(20,22(25)26-4-2)17-12-8-6-9-13-17/h6,8-16H,3-5,7H2,1-2H3/b20-16+. The van der Waals surface area contributed by atoms with Gasteiger partial charge >= 0.3 is 11.9 Å². The zero-order valence-electron chi connectivity index (χ0n) is 15.7. The van der Waals surface area contributed by atoms with Crippen LogP contribution in [0.2, 0.25) is 0 Å². The van der Waals surface area contributed by atoms with Crippen molar-refractivity contribution in [2.75, 3.05) is 6.61 Å². The highest BCUT2D eigenvalue weighted by molar-refractivity contribution is 6.08. The van der Waals surface area contributed by atoms with E-state index in [0.29, 0.717) is 16.7 Å². The fraction of sp³-hybridized carbons (Fsp3) is 0.304. The first-order valence-electron chi connectivity index (χ1n) is 9.41. The molecule has 1 unspecified atom stereocenters. The van der Waals surface area contributed by atoms with Gasteiger partial charge in [-0.1, -0.05) is 74.4 Å². The Morgan fingerprint density at radius 3 is 2.37 bits per heavy atom. The lowest BCUT2D eigenvalue weighted by Gasteiger charge is -2.38. The van der Waals surface area contributed by atoms with Crippen LogP contribution in [0, 0.1) is 0 Å². The van der Waals surface area contributed by atoms with Crippen LogP contribution in [0.1, 0.15) is 54.6 Å². The summed E-state index contributed by atoms with van der Waals surface area (Å²) in [5, 5.41) is 0. The molecular formula is C23H24O4. The molecule has 140 valence electrons. The molecule has 0 aromatic heterocycles. The number of rotatable bonds is 6. The molecule has 1 aliphatic heterocycles. The zero-order valence-corrected chi connectivity index (χ0v) is 15.7. The summed E-state index contributed by atoms with van der Waals surface area (Å²) in [5.41, 5.74) is 0.874. The fourth-order valence-corrected chi connectivity index (χ4v) is 3.43. The Balaban J connectivity index is 2.27. The Hall–Kier alpha value is -2.88. The van der Waals surface area contributed by atoms with Gasteiger partial charge in [-0.15, -0.1) is 0 Å². The highest BCUT2D eigenvalue weighted by Gasteiger charge is 2.53. The van der Waals surface area contributed by atoms with E-state index in [2.05, 4.69) is 6.92 Å². The van der Waals surface area contributed by atoms with E-state index in [1.807, 2.05) is 36.4 Å². The Kier molecular flexibility index (Phi) is 5.75. The van der Waals surface area contributed by atoms with E-state index in [1.165, 1.54) is 0 Å². The summed E-state index contributed by atoms with van der Waals surface area (Å²) in [7, 11) is 0. The van der Waals surface area contributed by atoms with Gasteiger partial charge in [0.15, 0.2) is 0 Å². The second-order valence-electron chi connectivity index (χ2n) is 6.46. The number of hydrogen-bond donors (Lipinski definition) is 0. The molecule has 27 heavy (non-hydrogen) atoms. The SMILES string of the molecule is CCCC/C=C1\c2ccccc2C(=O)OC1(C(=O)OCC)c1ccccc1. The number of carbonyl (C=O) groups is 2. The Labute approximate surface area is 159 Å². The second kappa shape index (κ2) is 8.21. The van der Waals surface area contributed by atoms with Crippen molar-refractivity contribution in [2.24, 2.45) is 0 Å². The van der Waals surface area contributed by atoms with Crippen LogP contribution in [-0.4, -0.2) is 18.5 Å². The monoisotopic (exact) mass is 364 g/mol. The van der Waals surface area contributed by atoms with Crippen molar-refractivity contribution in [1.82, 2.24) is 0 Å². The van der Waals surface area contributed by atoms with Crippen molar-refractivity contribution in [3.63, 3.8) is 0 Å². The maximum atomic E-state index is 13.2. The van der Waals surface area contributed by atoms with Gasteiger partial charge in [-0.2, -0.15) is 0 Å². The average Bonchev–Trinajstić information content (AvgIpc) is 2.70. The van der Waals surface area contributed by atoms with Crippen molar-refractivity contribution in [3.05, 3.63) is 77.4 Å². The lowest BCUT2D eigenvalue weighted by molar-refractivity contribution is -0.160. The van der Waals surface area contributed by atoms with Crippen LogP contribution in [0.15, 0.2) is 60.7 Å². The number of carbonyl (C=O) groups excluding carboxylic acids is 2. The smallest absolute Gasteiger partial charge is 0.360 e. The topological polar surface area (TPSA) is 52.6 Å². The predicted molar refractivity (Wildman–Crippen MR) is 104 cm³/mol. The first-order chi connectivity index (χ1) is 13.1. The summed E-state index contributed by atoms with van der Waals surface area (Å²) >= 11 is 0. The van der Waals surface area contributed by atoms with Gasteiger partial charge in [0.25, 0.3) is 5.60 Å². The molecule has 1 aliphatic rings. The molecule has 2 aromatic rings. The van der Waals surface area contributed by atoms with Gasteiger partial charge in [0.1, 0.15) is 0 Å². The third kappa shape index (κ3) is 3.39. The number of unbranched alkanes of at least 4 members (excludes halogenated alkanes) is 2. The molecule has 0 aliphatic carbocycles. The lowest BCUT2D eigenvalue weighted by atomic mass is 9.77. The van der Waals surface area contributed by atoms with E-state index in [0.717, 1.165) is 24.8 Å². The molecule has 0 bridgehead atoms. The molecule has 4 nitrogen and oxygen atoms in total. The van der Waals surface area contributed by atoms with E-state index < -0.39 is 17.5 Å². The molecular weight excluding hydrogens is 340 g/mol. The lowest BCUT2D eigenvalue weighted by Crippen LogP contribution is -2.46. The minimum absolute atomic E-state index is 0.203. The van der Waals surface area contributed by atoms with Crippen molar-refractivity contribution < 1.29 is 19.1 Å². The summed E-state index contributed by atoms with van der Waals surface area (Å²) in [6.07, 6.45) is 4.81. The van der Waals surface area contributed by atoms with Crippen molar-refractivity contribution in [2.45, 2.75) is 38.7 Å². The molecule has 1 heterocycles. The van der Waals surface area contributed by atoms with Gasteiger partial charge in [0.05, 0.1) is 12.2 Å².